The highest BCUT2D eigenvalue weighted by atomic mass is 79.9. The van der Waals surface area contributed by atoms with Gasteiger partial charge in [-0.15, -0.1) is 0 Å². The number of benzene rings is 5. The van der Waals surface area contributed by atoms with Crippen molar-refractivity contribution >= 4 is 45.7 Å². The average Bonchev–Trinajstić information content (AvgIpc) is 1.76. The van der Waals surface area contributed by atoms with Gasteiger partial charge in [0.2, 0.25) is 0 Å². The molecule has 0 saturated carbocycles. The van der Waals surface area contributed by atoms with Gasteiger partial charge < -0.3 is 63.4 Å². The van der Waals surface area contributed by atoms with Crippen LogP contribution in [0.4, 0.5) is 0 Å². The van der Waals surface area contributed by atoms with E-state index in [0.717, 1.165) is 97.0 Å². The van der Waals surface area contributed by atoms with E-state index in [2.05, 4.69) is 31.2 Å². The predicted octanol–water partition coefficient (Wildman–Crippen LogP) is 16.8. The molecule has 3 saturated heterocycles. The summed E-state index contributed by atoms with van der Waals surface area (Å²) in [6, 6.07) is 44.3. The zero-order chi connectivity index (χ0) is 77.0. The number of H-pyrrole nitrogens is 2. The number of ether oxygens (including phenoxy) is 6. The normalized spacial score (nSPS) is 15.1. The number of nitrogens with two attached hydrogens (primary N) is 1. The number of amides is 1. The number of rotatable bonds is 12. The summed E-state index contributed by atoms with van der Waals surface area (Å²) in [6.07, 6.45) is 9.79. The summed E-state index contributed by atoms with van der Waals surface area (Å²) < 4.78 is 42.5. The molecule has 6 N–H and O–H groups in total. The molecule has 3 unspecified atom stereocenters. The molecule has 1 amide bonds. The van der Waals surface area contributed by atoms with E-state index in [0.29, 0.717) is 63.2 Å². The van der Waals surface area contributed by atoms with Gasteiger partial charge in [-0.25, -0.2) is 19.2 Å². The van der Waals surface area contributed by atoms with Crippen LogP contribution in [0.5, 0.6) is 0 Å². The summed E-state index contributed by atoms with van der Waals surface area (Å²) in [5, 5.41) is 11.5. The first kappa shape index (κ1) is 84.2. The maximum Gasteiger partial charge on any atom is 0.338 e. The Morgan fingerprint density at radius 2 is 0.848 bits per heavy atom. The zero-order valence-corrected chi connectivity index (χ0v) is 64.3. The number of carbonyl (C=O) groups is 5. The Morgan fingerprint density at radius 3 is 1.16 bits per heavy atom. The van der Waals surface area contributed by atoms with Crippen molar-refractivity contribution in [1.29, 1.82) is 0 Å². The van der Waals surface area contributed by atoms with Gasteiger partial charge in [-0.1, -0.05) is 64.5 Å². The lowest BCUT2D eigenvalue weighted by Gasteiger charge is -2.19. The maximum absolute atomic E-state index is 12.3. The fourth-order valence-electron chi connectivity index (χ4n) is 10.8. The summed E-state index contributed by atoms with van der Waals surface area (Å²) in [5.41, 5.74) is 18.1. The molecule has 7 heterocycles. The fraction of sp³-hybridized carbons (Fsp3) is 0.369. The number of hydrogen-bond acceptors (Lipinski definition) is 16. The number of aromatic carboxylic acids is 1. The zero-order valence-electron chi connectivity index (χ0n) is 62.7. The van der Waals surface area contributed by atoms with E-state index in [4.69, 9.17) is 48.1 Å². The van der Waals surface area contributed by atoms with Crippen LogP contribution in [0.1, 0.15) is 207 Å². The molecular weight excluding hydrogens is 1400 g/mol. The van der Waals surface area contributed by atoms with Gasteiger partial charge >= 0.3 is 23.9 Å². The molecule has 0 spiro atoms. The van der Waals surface area contributed by atoms with Crippen LogP contribution in [-0.2, 0) is 41.5 Å². The van der Waals surface area contributed by atoms with Crippen LogP contribution in [-0.4, -0.2) is 101 Å². The Kier molecular flexibility index (Phi) is 32.5. The molecule has 0 radical (unpaired) electrons. The van der Waals surface area contributed by atoms with Crippen molar-refractivity contribution in [2.24, 2.45) is 5.73 Å². The molecule has 0 bridgehead atoms. The Balaban J connectivity index is 0.000000197. The van der Waals surface area contributed by atoms with E-state index < -0.39 is 22.8 Å². The summed E-state index contributed by atoms with van der Waals surface area (Å²) >= 11 is 3.30. The number of aromatic nitrogens is 2. The van der Waals surface area contributed by atoms with Crippen molar-refractivity contribution < 1.29 is 66.3 Å². The lowest BCUT2D eigenvalue weighted by Crippen LogP contribution is -2.27. The number of carbonyl (C=O) groups excluding carboxylic acids is 4. The Bertz CT molecular complexity index is 4300. The van der Waals surface area contributed by atoms with Gasteiger partial charge in [0, 0.05) is 88.8 Å². The number of aromatic amines is 2. The van der Waals surface area contributed by atoms with Gasteiger partial charge in [0.15, 0.2) is 0 Å². The highest BCUT2D eigenvalue weighted by molar-refractivity contribution is 9.10. The molecule has 3 aliphatic rings. The molecule has 105 heavy (non-hydrogen) atoms. The molecule has 4 aromatic heterocycles. The second kappa shape index (κ2) is 40.5. The van der Waals surface area contributed by atoms with E-state index in [1.807, 2.05) is 206 Å². The molecule has 0 aliphatic carbocycles. The van der Waals surface area contributed by atoms with Crippen LogP contribution < -0.4 is 22.2 Å². The first-order valence-corrected chi connectivity index (χ1v) is 35.7. The van der Waals surface area contributed by atoms with Crippen LogP contribution in [0.25, 0.3) is 11.1 Å². The van der Waals surface area contributed by atoms with E-state index in [1.165, 1.54) is 22.3 Å². The first-order chi connectivity index (χ1) is 49.6. The van der Waals surface area contributed by atoms with E-state index in [-0.39, 0.29) is 41.5 Å². The second-order valence-corrected chi connectivity index (χ2v) is 29.4. The first-order valence-electron chi connectivity index (χ1n) is 34.9. The van der Waals surface area contributed by atoms with Crippen LogP contribution >= 0.6 is 15.9 Å². The van der Waals surface area contributed by atoms with Crippen molar-refractivity contribution in [1.82, 2.24) is 15.3 Å². The quantitative estimate of drug-likeness (QED) is 0.0561. The number of hydrogen-bond donors (Lipinski definition) is 5. The molecule has 3 atom stereocenters. The second-order valence-electron chi connectivity index (χ2n) is 28.5. The molecule has 560 valence electrons. The highest BCUT2D eigenvalue weighted by Gasteiger charge is 2.24. The molecule has 5 aromatic carbocycles. The number of furan rings is 2. The number of carboxylic acids is 1. The van der Waals surface area contributed by atoms with Gasteiger partial charge in [-0.05, 0) is 252 Å². The Morgan fingerprint density at radius 1 is 0.486 bits per heavy atom. The van der Waals surface area contributed by atoms with Gasteiger partial charge in [0.05, 0.1) is 67.1 Å². The van der Waals surface area contributed by atoms with Crippen LogP contribution in [0.15, 0.2) is 194 Å². The van der Waals surface area contributed by atoms with Crippen molar-refractivity contribution in [3.63, 3.8) is 0 Å². The lowest BCUT2D eigenvalue weighted by atomic mass is 9.97. The van der Waals surface area contributed by atoms with Crippen LogP contribution in [0.3, 0.4) is 0 Å². The standard InChI is InChI=1S/C19H22N2O3.C15H20O3.C15H16O3.C11H13BrO2.C11H12O3.C8H12N2O.C5H6O/c1-12-9-13(2)21-19(23)17(12)10-20-18(22)15-5-3-14(4-6-15)16-7-8-24-11-16;2*1-15(2,3)18-14(16)12-6-4-11(5-7-12)13-8-9-17-10-13;1-11(2,3)14-10(13)8-4-6-9(12)7-5-8;12-11(13)9-3-1-8(2-4-9)10-5-6-14-7-10;1-5-3-6(2)10-8(11)7(5)4-9;1-5-2-3-6-4-5/h3-6,9,16H,7-8,10-11H2,1-2H3,(H,20,22)(H,21,23);4-7,13H,8-10H2,1-3H3;4-10H,1-3H3;4-7H,1-3H3;1-4,10H,5-7H2,(H,12,13);3H,4,9H2,1-2H3,(H,10,11);2-4H,1H3. The van der Waals surface area contributed by atoms with E-state index >= 15 is 0 Å². The minimum Gasteiger partial charge on any atom is -0.478 e. The SMILES string of the molecule is CC(C)(C)OC(=O)c1ccc(-c2ccoc2)cc1.CC(C)(C)OC(=O)c1ccc(Br)cc1.CC(C)(C)OC(=O)c1ccc(C2CCOC2)cc1.Cc1cc(C)c(CN)c(=O)[nH]1.Cc1cc(C)c(CNC(=O)c2ccc(C3CCOC3)cc2)c(=O)[nH]1.Cc1ccoc1.O=C(O)c1ccc(C2CCOC2)cc1. The number of nitrogens with one attached hydrogen (secondary N) is 3. The van der Waals surface area contributed by atoms with Crippen molar-refractivity contribution in [2.45, 2.75) is 164 Å². The topological polar surface area (TPSA) is 291 Å². The molecule has 3 aliphatic heterocycles. The molecule has 20 nitrogen and oxygen atoms in total. The monoisotopic (exact) mass is 1500 g/mol. The number of esters is 3. The summed E-state index contributed by atoms with van der Waals surface area (Å²) in [5.74, 6) is -0.572. The molecule has 21 heteroatoms. The minimum atomic E-state index is -0.876. The molecule has 3 fully saturated rings. The predicted molar refractivity (Wildman–Crippen MR) is 410 cm³/mol. The van der Waals surface area contributed by atoms with E-state index in [9.17, 15) is 33.6 Å². The third-order valence-electron chi connectivity index (χ3n) is 16.2. The smallest absolute Gasteiger partial charge is 0.338 e. The average molecular weight is 1500 g/mol. The number of halogens is 1. The number of pyridine rings is 2. The van der Waals surface area contributed by atoms with E-state index in [1.54, 1.807) is 61.5 Å². The molecule has 9 aromatic rings. The van der Waals surface area contributed by atoms with Crippen molar-refractivity contribution in [2.75, 3.05) is 39.6 Å². The van der Waals surface area contributed by atoms with Gasteiger partial charge in [-0.3, -0.25) is 14.4 Å². The minimum absolute atomic E-state index is 0.0648. The largest absolute Gasteiger partial charge is 0.478 e. The highest BCUT2D eigenvalue weighted by Crippen LogP contribution is 2.29. The number of carboxylic acid groups (broad SMARTS) is 1. The fourth-order valence-corrected chi connectivity index (χ4v) is 11.0. The summed E-state index contributed by atoms with van der Waals surface area (Å²) in [7, 11) is 0. The van der Waals surface area contributed by atoms with Crippen LogP contribution in [0.2, 0.25) is 0 Å². The summed E-state index contributed by atoms with van der Waals surface area (Å²) in [4.78, 5) is 86.7. The number of aryl methyl sites for hydroxylation is 5. The molecule has 12 rings (SSSR count). The Labute approximate surface area is 623 Å². The maximum atomic E-state index is 12.3. The summed E-state index contributed by atoms with van der Waals surface area (Å²) in [6.45, 7) is 31.4. The van der Waals surface area contributed by atoms with Gasteiger partial charge in [-0.2, -0.15) is 0 Å². The van der Waals surface area contributed by atoms with Crippen LogP contribution in [0, 0.1) is 34.6 Å². The lowest BCUT2D eigenvalue weighted by molar-refractivity contribution is 0.00570. The van der Waals surface area contributed by atoms with Gasteiger partial charge in [0.25, 0.3) is 17.0 Å². The third-order valence-corrected chi connectivity index (χ3v) is 16.7. The van der Waals surface area contributed by atoms with Gasteiger partial charge in [0.1, 0.15) is 16.8 Å². The Hall–Kier alpha value is -9.77. The molecular formula is C84H101BrN4O16. The van der Waals surface area contributed by atoms with Crippen molar-refractivity contribution in [3.05, 3.63) is 280 Å². The third kappa shape index (κ3) is 29.4. The van der Waals surface area contributed by atoms with Crippen molar-refractivity contribution in [3.8, 4) is 11.1 Å².